The van der Waals surface area contributed by atoms with Crippen molar-refractivity contribution in [3.8, 4) is 0 Å². The molecule has 19 heavy (non-hydrogen) atoms. The van der Waals surface area contributed by atoms with Crippen molar-refractivity contribution < 1.29 is 4.79 Å². The zero-order chi connectivity index (χ0) is 13.7. The molecule has 2 aliphatic carbocycles. The molecule has 0 saturated heterocycles. The smallest absolute Gasteiger partial charge is 0.220 e. The SMILES string of the molecule is CC1(NC(=O)CCC2CCC(N)CC2)CCCCC1. The maximum Gasteiger partial charge on any atom is 0.220 e. The molecule has 3 heteroatoms. The second kappa shape index (κ2) is 6.74. The van der Waals surface area contributed by atoms with E-state index in [1.54, 1.807) is 0 Å². The summed E-state index contributed by atoms with van der Waals surface area (Å²) in [4.78, 5) is 12.1. The van der Waals surface area contributed by atoms with Crippen molar-refractivity contribution in [3.05, 3.63) is 0 Å². The minimum atomic E-state index is 0.0737. The minimum absolute atomic E-state index is 0.0737. The van der Waals surface area contributed by atoms with Gasteiger partial charge >= 0.3 is 0 Å². The van der Waals surface area contributed by atoms with Gasteiger partial charge in [0, 0.05) is 18.0 Å². The van der Waals surface area contributed by atoms with E-state index in [0.717, 1.165) is 38.0 Å². The number of hydrogen-bond acceptors (Lipinski definition) is 2. The summed E-state index contributed by atoms with van der Waals surface area (Å²) in [5, 5.41) is 3.28. The fourth-order valence-electron chi connectivity index (χ4n) is 3.67. The average Bonchev–Trinajstić information content (AvgIpc) is 2.38. The molecule has 0 unspecified atom stereocenters. The van der Waals surface area contributed by atoms with E-state index in [2.05, 4.69) is 12.2 Å². The lowest BCUT2D eigenvalue weighted by Crippen LogP contribution is -2.47. The summed E-state index contributed by atoms with van der Waals surface area (Å²) < 4.78 is 0. The summed E-state index contributed by atoms with van der Waals surface area (Å²) in [7, 11) is 0. The Kier molecular flexibility index (Phi) is 5.26. The Balaban J connectivity index is 1.66. The first-order valence-electron chi connectivity index (χ1n) is 8.14. The van der Waals surface area contributed by atoms with Gasteiger partial charge in [-0.1, -0.05) is 19.3 Å². The highest BCUT2D eigenvalue weighted by atomic mass is 16.1. The van der Waals surface area contributed by atoms with E-state index in [4.69, 9.17) is 5.73 Å². The number of carbonyl (C=O) groups excluding carboxylic acids is 1. The van der Waals surface area contributed by atoms with E-state index in [1.807, 2.05) is 0 Å². The van der Waals surface area contributed by atoms with E-state index in [9.17, 15) is 4.79 Å². The van der Waals surface area contributed by atoms with Crippen molar-refractivity contribution in [2.45, 2.75) is 89.1 Å². The Morgan fingerprint density at radius 2 is 1.79 bits per heavy atom. The summed E-state index contributed by atoms with van der Waals surface area (Å²) >= 11 is 0. The fraction of sp³-hybridized carbons (Fsp3) is 0.938. The van der Waals surface area contributed by atoms with Gasteiger partial charge in [0.2, 0.25) is 5.91 Å². The van der Waals surface area contributed by atoms with Crippen LogP contribution in [-0.4, -0.2) is 17.5 Å². The van der Waals surface area contributed by atoms with Crippen molar-refractivity contribution in [2.75, 3.05) is 0 Å². The van der Waals surface area contributed by atoms with E-state index in [-0.39, 0.29) is 11.4 Å². The molecule has 0 bridgehead atoms. The topological polar surface area (TPSA) is 55.1 Å². The highest BCUT2D eigenvalue weighted by Gasteiger charge is 2.28. The van der Waals surface area contributed by atoms with Crippen LogP contribution < -0.4 is 11.1 Å². The largest absolute Gasteiger partial charge is 0.351 e. The number of nitrogens with one attached hydrogen (secondary N) is 1. The number of rotatable bonds is 4. The Morgan fingerprint density at radius 3 is 2.42 bits per heavy atom. The Labute approximate surface area is 117 Å². The Morgan fingerprint density at radius 1 is 1.16 bits per heavy atom. The van der Waals surface area contributed by atoms with E-state index in [1.165, 1.54) is 32.1 Å². The van der Waals surface area contributed by atoms with Gasteiger partial charge in [-0.3, -0.25) is 4.79 Å². The van der Waals surface area contributed by atoms with Crippen LogP contribution >= 0.6 is 0 Å². The van der Waals surface area contributed by atoms with Gasteiger partial charge in [0.1, 0.15) is 0 Å². The molecule has 3 N–H and O–H groups in total. The van der Waals surface area contributed by atoms with Gasteiger partial charge in [0.15, 0.2) is 0 Å². The standard InChI is InChI=1S/C16H30N2O/c1-16(11-3-2-4-12-16)18-15(19)10-7-13-5-8-14(17)9-6-13/h13-14H,2-12,17H2,1H3,(H,18,19). The first-order chi connectivity index (χ1) is 9.07. The molecule has 2 rings (SSSR count). The van der Waals surface area contributed by atoms with Gasteiger partial charge in [-0.05, 0) is 57.8 Å². The van der Waals surface area contributed by atoms with Gasteiger partial charge in [-0.2, -0.15) is 0 Å². The Hall–Kier alpha value is -0.570. The lowest BCUT2D eigenvalue weighted by atomic mass is 9.82. The van der Waals surface area contributed by atoms with Crippen molar-refractivity contribution in [3.63, 3.8) is 0 Å². The van der Waals surface area contributed by atoms with Gasteiger partial charge in [-0.25, -0.2) is 0 Å². The molecular formula is C16H30N2O. The van der Waals surface area contributed by atoms with E-state index < -0.39 is 0 Å². The summed E-state index contributed by atoms with van der Waals surface area (Å²) in [6, 6.07) is 0.409. The number of hydrogen-bond donors (Lipinski definition) is 2. The number of nitrogens with two attached hydrogens (primary N) is 1. The highest BCUT2D eigenvalue weighted by molar-refractivity contribution is 5.76. The number of amides is 1. The molecule has 1 amide bonds. The van der Waals surface area contributed by atoms with Crippen LogP contribution in [0.15, 0.2) is 0 Å². The summed E-state index contributed by atoms with van der Waals surface area (Å²) in [5.74, 6) is 0.990. The maximum atomic E-state index is 12.1. The average molecular weight is 266 g/mol. The van der Waals surface area contributed by atoms with Crippen LogP contribution in [0.2, 0.25) is 0 Å². The molecule has 3 nitrogen and oxygen atoms in total. The molecule has 0 aliphatic heterocycles. The molecule has 0 spiro atoms. The third kappa shape index (κ3) is 4.79. The molecule has 0 aromatic rings. The summed E-state index contributed by atoms with van der Waals surface area (Å²) in [6.45, 7) is 2.21. The molecule has 110 valence electrons. The lowest BCUT2D eigenvalue weighted by molar-refractivity contribution is -0.123. The van der Waals surface area contributed by atoms with Crippen LogP contribution in [0.3, 0.4) is 0 Å². The fourth-order valence-corrected chi connectivity index (χ4v) is 3.67. The maximum absolute atomic E-state index is 12.1. The molecule has 0 aromatic heterocycles. The van der Waals surface area contributed by atoms with Crippen molar-refractivity contribution in [1.82, 2.24) is 5.32 Å². The zero-order valence-electron chi connectivity index (χ0n) is 12.4. The van der Waals surface area contributed by atoms with Crippen LogP contribution in [0.1, 0.15) is 77.6 Å². The van der Waals surface area contributed by atoms with Gasteiger partial charge in [0.05, 0.1) is 0 Å². The molecule has 2 aliphatic rings. The number of carbonyl (C=O) groups is 1. The molecule has 2 saturated carbocycles. The van der Waals surface area contributed by atoms with Crippen LogP contribution in [0.4, 0.5) is 0 Å². The normalized spacial score (nSPS) is 30.8. The molecule has 2 fully saturated rings. The van der Waals surface area contributed by atoms with E-state index in [0.29, 0.717) is 12.5 Å². The second-order valence-electron chi connectivity index (χ2n) is 6.99. The van der Waals surface area contributed by atoms with Crippen LogP contribution in [-0.2, 0) is 4.79 Å². The van der Waals surface area contributed by atoms with Crippen molar-refractivity contribution in [2.24, 2.45) is 11.7 Å². The van der Waals surface area contributed by atoms with Gasteiger partial charge < -0.3 is 11.1 Å². The second-order valence-corrected chi connectivity index (χ2v) is 6.99. The summed E-state index contributed by atoms with van der Waals surface area (Å²) in [5.41, 5.74) is 5.99. The zero-order valence-corrected chi connectivity index (χ0v) is 12.4. The molecule has 0 radical (unpaired) electrons. The predicted molar refractivity (Wildman–Crippen MR) is 78.8 cm³/mol. The molecule has 0 aromatic carbocycles. The first-order valence-corrected chi connectivity index (χ1v) is 8.14. The summed E-state index contributed by atoms with van der Waals surface area (Å²) in [6.07, 6.45) is 12.6. The van der Waals surface area contributed by atoms with Crippen molar-refractivity contribution in [1.29, 1.82) is 0 Å². The van der Waals surface area contributed by atoms with Crippen LogP contribution in [0.25, 0.3) is 0 Å². The van der Waals surface area contributed by atoms with Crippen molar-refractivity contribution >= 4 is 5.91 Å². The predicted octanol–water partition coefficient (Wildman–Crippen LogP) is 3.12. The molecular weight excluding hydrogens is 236 g/mol. The lowest BCUT2D eigenvalue weighted by Gasteiger charge is -2.35. The highest BCUT2D eigenvalue weighted by Crippen LogP contribution is 2.29. The quantitative estimate of drug-likeness (QED) is 0.821. The Bertz CT molecular complexity index is 289. The van der Waals surface area contributed by atoms with Crippen LogP contribution in [0, 0.1) is 5.92 Å². The third-order valence-corrected chi connectivity index (χ3v) is 5.07. The first kappa shape index (κ1) is 14.8. The third-order valence-electron chi connectivity index (χ3n) is 5.07. The molecule has 0 atom stereocenters. The van der Waals surface area contributed by atoms with Gasteiger partial charge in [-0.15, -0.1) is 0 Å². The molecule has 0 heterocycles. The minimum Gasteiger partial charge on any atom is -0.351 e. The monoisotopic (exact) mass is 266 g/mol. The van der Waals surface area contributed by atoms with Crippen LogP contribution in [0.5, 0.6) is 0 Å². The van der Waals surface area contributed by atoms with E-state index >= 15 is 0 Å². The van der Waals surface area contributed by atoms with Gasteiger partial charge in [0.25, 0.3) is 0 Å².